The molecule has 0 aliphatic carbocycles. The van der Waals surface area contributed by atoms with Crippen LogP contribution in [-0.4, -0.2) is 35.7 Å². The lowest BCUT2D eigenvalue weighted by Gasteiger charge is -2.28. The van der Waals surface area contributed by atoms with Crippen LogP contribution in [0.25, 0.3) is 0 Å². The summed E-state index contributed by atoms with van der Waals surface area (Å²) in [4.78, 5) is 2.23. The van der Waals surface area contributed by atoms with E-state index in [1.54, 1.807) is 0 Å². The summed E-state index contributed by atoms with van der Waals surface area (Å²) in [6.45, 7) is 9.02. The van der Waals surface area contributed by atoms with Crippen LogP contribution in [0.3, 0.4) is 0 Å². The third-order valence-corrected chi connectivity index (χ3v) is 2.25. The molecule has 1 rings (SSSR count). The highest BCUT2D eigenvalue weighted by Crippen LogP contribution is 2.11. The number of aliphatic hydroxyl groups excluding tert-OH is 1. The third kappa shape index (κ3) is 4.64. The number of likely N-dealkylation sites (tertiary alicyclic amines) is 1. The van der Waals surface area contributed by atoms with Crippen LogP contribution in [-0.2, 0) is 0 Å². The van der Waals surface area contributed by atoms with Gasteiger partial charge < -0.3 is 5.11 Å². The van der Waals surface area contributed by atoms with Crippen LogP contribution in [0.15, 0.2) is 0 Å². The average Bonchev–Trinajstić information content (AvgIpc) is 2.01. The molecule has 1 aliphatic heterocycles. The molecular weight excluding hydrogens is 174 g/mol. The second-order valence-corrected chi connectivity index (χ2v) is 5.08. The van der Waals surface area contributed by atoms with E-state index >= 15 is 0 Å². The quantitative estimate of drug-likeness (QED) is 0.641. The number of β-amino-alcohol motifs (C(OH)–C–C–N with tert-alkyl or cyclic N) is 1. The largest absolute Gasteiger partial charge is 0.392 e. The molecule has 0 aromatic heterocycles. The predicted octanol–water partition coefficient (Wildman–Crippen LogP) is 1.49. The highest BCUT2D eigenvalue weighted by Gasteiger charge is 2.16. The van der Waals surface area contributed by atoms with Crippen molar-refractivity contribution in [2.24, 2.45) is 5.41 Å². The first-order chi connectivity index (χ1) is 6.47. The first-order valence-electron chi connectivity index (χ1n) is 5.38. The minimum atomic E-state index is -0.139. The zero-order valence-corrected chi connectivity index (χ0v) is 9.51. The van der Waals surface area contributed by atoms with Gasteiger partial charge in [0.2, 0.25) is 0 Å². The second kappa shape index (κ2) is 4.82. The molecule has 1 heterocycles. The summed E-state index contributed by atoms with van der Waals surface area (Å²) in [5.41, 5.74) is 0.0917. The summed E-state index contributed by atoms with van der Waals surface area (Å²) < 4.78 is 0. The van der Waals surface area contributed by atoms with Crippen molar-refractivity contribution >= 4 is 0 Å². The first-order valence-corrected chi connectivity index (χ1v) is 5.38. The van der Waals surface area contributed by atoms with Gasteiger partial charge in [-0.1, -0.05) is 11.8 Å². The molecule has 0 bridgehead atoms. The second-order valence-electron chi connectivity index (χ2n) is 5.08. The van der Waals surface area contributed by atoms with Gasteiger partial charge >= 0.3 is 0 Å². The van der Waals surface area contributed by atoms with Crippen molar-refractivity contribution in [3.8, 4) is 11.8 Å². The van der Waals surface area contributed by atoms with Gasteiger partial charge in [-0.3, -0.25) is 4.90 Å². The van der Waals surface area contributed by atoms with E-state index in [1.165, 1.54) is 0 Å². The fourth-order valence-electron chi connectivity index (χ4n) is 1.59. The van der Waals surface area contributed by atoms with Crippen LogP contribution < -0.4 is 0 Å². The average molecular weight is 195 g/mol. The Morgan fingerprint density at radius 2 is 2.14 bits per heavy atom. The zero-order chi connectivity index (χ0) is 10.6. The molecule has 0 aromatic carbocycles. The lowest BCUT2D eigenvalue weighted by atomic mass is 9.98. The van der Waals surface area contributed by atoms with Gasteiger partial charge in [-0.2, -0.15) is 0 Å². The maximum atomic E-state index is 9.45. The van der Waals surface area contributed by atoms with Crippen LogP contribution in [0.1, 0.15) is 33.6 Å². The Morgan fingerprint density at radius 1 is 1.43 bits per heavy atom. The molecule has 1 fully saturated rings. The summed E-state index contributed by atoms with van der Waals surface area (Å²) in [5.74, 6) is 6.39. The molecule has 1 aliphatic rings. The fourth-order valence-corrected chi connectivity index (χ4v) is 1.59. The van der Waals surface area contributed by atoms with Gasteiger partial charge in [-0.15, -0.1) is 0 Å². The van der Waals surface area contributed by atoms with Crippen LogP contribution >= 0.6 is 0 Å². The van der Waals surface area contributed by atoms with Crippen LogP contribution in [0, 0.1) is 17.3 Å². The molecule has 0 aromatic rings. The van der Waals surface area contributed by atoms with Gasteiger partial charge in [0.1, 0.15) is 0 Å². The molecule has 0 radical (unpaired) electrons. The van der Waals surface area contributed by atoms with Gasteiger partial charge in [0.25, 0.3) is 0 Å². The summed E-state index contributed by atoms with van der Waals surface area (Å²) in [7, 11) is 0. The summed E-state index contributed by atoms with van der Waals surface area (Å²) in [6, 6.07) is 0. The Bertz CT molecular complexity index is 231. The van der Waals surface area contributed by atoms with Gasteiger partial charge in [0.05, 0.1) is 12.6 Å². The third-order valence-electron chi connectivity index (χ3n) is 2.25. The minimum absolute atomic E-state index is 0.0917. The topological polar surface area (TPSA) is 23.5 Å². The molecular formula is C12H21NO. The SMILES string of the molecule is CC(C)(C)C#CCN1CCCC(O)C1. The van der Waals surface area contributed by atoms with E-state index in [0.717, 1.165) is 32.5 Å². The number of rotatable bonds is 1. The number of hydrogen-bond donors (Lipinski definition) is 1. The fraction of sp³-hybridized carbons (Fsp3) is 0.833. The van der Waals surface area contributed by atoms with Crippen molar-refractivity contribution in [1.82, 2.24) is 4.90 Å². The molecule has 1 N–H and O–H groups in total. The monoisotopic (exact) mass is 195 g/mol. The van der Waals surface area contributed by atoms with E-state index in [9.17, 15) is 5.11 Å². The lowest BCUT2D eigenvalue weighted by Crippen LogP contribution is -2.38. The Balaban J connectivity index is 2.33. The first kappa shape index (κ1) is 11.6. The minimum Gasteiger partial charge on any atom is -0.392 e. The standard InChI is InChI=1S/C12H21NO/c1-12(2,3)7-5-9-13-8-4-6-11(14)10-13/h11,14H,4,6,8-10H2,1-3H3. The number of aliphatic hydroxyl groups is 1. The summed E-state index contributed by atoms with van der Waals surface area (Å²) in [5, 5.41) is 9.45. The van der Waals surface area contributed by atoms with Crippen molar-refractivity contribution in [1.29, 1.82) is 0 Å². The lowest BCUT2D eigenvalue weighted by molar-refractivity contribution is 0.0780. The van der Waals surface area contributed by atoms with Crippen LogP contribution in [0.4, 0.5) is 0 Å². The Kier molecular flexibility index (Phi) is 3.97. The molecule has 0 spiro atoms. The van der Waals surface area contributed by atoms with Crippen molar-refractivity contribution in [3.63, 3.8) is 0 Å². The molecule has 0 saturated carbocycles. The molecule has 1 unspecified atom stereocenters. The Hall–Kier alpha value is -0.520. The molecule has 80 valence electrons. The number of hydrogen-bond acceptors (Lipinski definition) is 2. The molecule has 0 amide bonds. The van der Waals surface area contributed by atoms with E-state index in [0.29, 0.717) is 0 Å². The Morgan fingerprint density at radius 3 is 2.71 bits per heavy atom. The zero-order valence-electron chi connectivity index (χ0n) is 9.51. The summed E-state index contributed by atoms with van der Waals surface area (Å²) in [6.07, 6.45) is 1.90. The number of piperidine rings is 1. The van der Waals surface area contributed by atoms with E-state index in [-0.39, 0.29) is 11.5 Å². The van der Waals surface area contributed by atoms with Gasteiger partial charge in [-0.05, 0) is 40.2 Å². The van der Waals surface area contributed by atoms with Crippen molar-refractivity contribution in [2.75, 3.05) is 19.6 Å². The normalized spacial score (nSPS) is 24.1. The van der Waals surface area contributed by atoms with E-state index in [1.807, 2.05) is 0 Å². The van der Waals surface area contributed by atoms with Crippen molar-refractivity contribution in [3.05, 3.63) is 0 Å². The smallest absolute Gasteiger partial charge is 0.0668 e. The van der Waals surface area contributed by atoms with Gasteiger partial charge in [0, 0.05) is 12.0 Å². The maximum absolute atomic E-state index is 9.45. The highest BCUT2D eigenvalue weighted by molar-refractivity contribution is 5.08. The van der Waals surface area contributed by atoms with Crippen LogP contribution in [0.2, 0.25) is 0 Å². The highest BCUT2D eigenvalue weighted by atomic mass is 16.3. The molecule has 1 atom stereocenters. The van der Waals surface area contributed by atoms with Gasteiger partial charge in [0.15, 0.2) is 0 Å². The van der Waals surface area contributed by atoms with Crippen molar-refractivity contribution in [2.45, 2.75) is 39.7 Å². The Labute approximate surface area is 87.3 Å². The molecule has 2 nitrogen and oxygen atoms in total. The maximum Gasteiger partial charge on any atom is 0.0668 e. The molecule has 14 heavy (non-hydrogen) atoms. The van der Waals surface area contributed by atoms with E-state index in [4.69, 9.17) is 0 Å². The molecule has 2 heteroatoms. The van der Waals surface area contributed by atoms with Crippen molar-refractivity contribution < 1.29 is 5.11 Å². The van der Waals surface area contributed by atoms with Gasteiger partial charge in [-0.25, -0.2) is 0 Å². The number of nitrogens with zero attached hydrogens (tertiary/aromatic N) is 1. The predicted molar refractivity (Wildman–Crippen MR) is 58.9 cm³/mol. The summed E-state index contributed by atoms with van der Waals surface area (Å²) >= 11 is 0. The van der Waals surface area contributed by atoms with E-state index in [2.05, 4.69) is 37.5 Å². The van der Waals surface area contributed by atoms with Crippen LogP contribution in [0.5, 0.6) is 0 Å². The van der Waals surface area contributed by atoms with E-state index < -0.39 is 0 Å². The molecule has 1 saturated heterocycles.